The van der Waals surface area contributed by atoms with Crippen molar-refractivity contribution in [3.05, 3.63) is 64.1 Å². The zero-order valence-electron chi connectivity index (χ0n) is 20.5. The van der Waals surface area contributed by atoms with E-state index in [0.717, 1.165) is 16.1 Å². The molecule has 0 bridgehead atoms. The Kier molecular flexibility index (Phi) is 10.9. The molecule has 2 aromatic carbocycles. The van der Waals surface area contributed by atoms with Crippen molar-refractivity contribution < 1.29 is 18.0 Å². The maximum Gasteiger partial charge on any atom is 0.244 e. The van der Waals surface area contributed by atoms with Crippen molar-refractivity contribution in [2.45, 2.75) is 39.7 Å². The third-order valence-corrected chi connectivity index (χ3v) is 7.37. The average Bonchev–Trinajstić information content (AvgIpc) is 2.80. The maximum absolute atomic E-state index is 13.6. The lowest BCUT2D eigenvalue weighted by molar-refractivity contribution is -0.139. The van der Waals surface area contributed by atoms with Crippen molar-refractivity contribution in [1.82, 2.24) is 10.2 Å². The molecule has 0 aliphatic carbocycles. The second kappa shape index (κ2) is 13.1. The molecule has 10 heteroatoms. The van der Waals surface area contributed by atoms with Crippen molar-refractivity contribution >= 4 is 50.7 Å². The van der Waals surface area contributed by atoms with Gasteiger partial charge in [-0.2, -0.15) is 0 Å². The monoisotopic (exact) mass is 541 g/mol. The first-order valence-corrected chi connectivity index (χ1v) is 14.1. The fourth-order valence-corrected chi connectivity index (χ4v) is 4.90. The summed E-state index contributed by atoms with van der Waals surface area (Å²) in [6, 6.07) is 13.4. The fraction of sp³-hybridized carbons (Fsp3) is 0.440. The van der Waals surface area contributed by atoms with Crippen LogP contribution in [-0.4, -0.2) is 57.1 Å². The van der Waals surface area contributed by atoms with Gasteiger partial charge in [0, 0.05) is 13.1 Å². The van der Waals surface area contributed by atoms with Crippen LogP contribution >= 0.6 is 23.2 Å². The highest BCUT2D eigenvalue weighted by molar-refractivity contribution is 7.92. The number of benzene rings is 2. The van der Waals surface area contributed by atoms with E-state index in [4.69, 9.17) is 23.2 Å². The number of carbonyl (C=O) groups is 2. The highest BCUT2D eigenvalue weighted by atomic mass is 35.5. The van der Waals surface area contributed by atoms with Gasteiger partial charge in [0.25, 0.3) is 0 Å². The normalized spacial score (nSPS) is 12.3. The van der Waals surface area contributed by atoms with Gasteiger partial charge in [-0.05, 0) is 36.5 Å². The molecular formula is C25H33Cl2N3O4S. The number of anilines is 1. The molecule has 0 unspecified atom stereocenters. The molecule has 7 nitrogen and oxygen atoms in total. The number of nitrogens with one attached hydrogen (secondary N) is 1. The summed E-state index contributed by atoms with van der Waals surface area (Å²) in [6.07, 6.45) is 1.89. The second-order valence-electron chi connectivity index (χ2n) is 8.73. The quantitative estimate of drug-likeness (QED) is 0.431. The summed E-state index contributed by atoms with van der Waals surface area (Å²) in [6.45, 7) is 6.00. The molecule has 2 amide bonds. The molecule has 2 rings (SSSR count). The molecule has 0 heterocycles. The van der Waals surface area contributed by atoms with Crippen LogP contribution < -0.4 is 9.62 Å². The number of rotatable bonds is 12. The van der Waals surface area contributed by atoms with E-state index in [1.54, 1.807) is 6.07 Å². The minimum atomic E-state index is -3.88. The summed E-state index contributed by atoms with van der Waals surface area (Å²) in [4.78, 5) is 28.1. The third-order valence-electron chi connectivity index (χ3n) is 5.43. The molecule has 0 saturated heterocycles. The fourth-order valence-electron chi connectivity index (χ4n) is 3.60. The minimum Gasteiger partial charge on any atom is -0.354 e. The number of nitrogens with zero attached hydrogens (tertiary/aromatic N) is 2. The number of hydrogen-bond acceptors (Lipinski definition) is 4. The zero-order chi connectivity index (χ0) is 26.2. The first kappa shape index (κ1) is 28.9. The number of hydrogen-bond donors (Lipinski definition) is 1. The Balaban J connectivity index is 2.39. The van der Waals surface area contributed by atoms with E-state index in [2.05, 4.69) is 5.32 Å². The predicted octanol–water partition coefficient (Wildman–Crippen LogP) is 4.38. The van der Waals surface area contributed by atoms with E-state index in [1.807, 2.05) is 51.1 Å². The molecule has 0 aliphatic rings. The van der Waals surface area contributed by atoms with Crippen LogP contribution in [-0.2, 0) is 26.0 Å². The molecule has 0 aliphatic heterocycles. The Morgan fingerprint density at radius 2 is 1.69 bits per heavy atom. The van der Waals surface area contributed by atoms with Crippen molar-refractivity contribution in [3.8, 4) is 0 Å². The van der Waals surface area contributed by atoms with Crippen molar-refractivity contribution in [2.75, 3.05) is 30.2 Å². The minimum absolute atomic E-state index is 0.0324. The SMILES string of the molecule is CC[C@H](C(=O)NCC(C)C)N(CCc1ccccc1)C(=O)CN(c1cccc(Cl)c1Cl)S(C)(=O)=O. The topological polar surface area (TPSA) is 86.8 Å². The highest BCUT2D eigenvalue weighted by Gasteiger charge is 2.32. The van der Waals surface area contributed by atoms with Crippen molar-refractivity contribution in [1.29, 1.82) is 0 Å². The van der Waals surface area contributed by atoms with E-state index >= 15 is 0 Å². The molecule has 192 valence electrons. The van der Waals surface area contributed by atoms with Crippen LogP contribution in [0.15, 0.2) is 48.5 Å². The molecule has 1 N–H and O–H groups in total. The first-order chi connectivity index (χ1) is 16.5. The summed E-state index contributed by atoms with van der Waals surface area (Å²) in [7, 11) is -3.88. The molecule has 0 spiro atoms. The van der Waals surface area contributed by atoms with Crippen LogP contribution in [0.3, 0.4) is 0 Å². The van der Waals surface area contributed by atoms with Crippen LogP contribution in [0.2, 0.25) is 10.0 Å². The lowest BCUT2D eigenvalue weighted by Gasteiger charge is -2.33. The summed E-state index contributed by atoms with van der Waals surface area (Å²) in [5.74, 6) is -0.529. The Morgan fingerprint density at radius 1 is 1.03 bits per heavy atom. The largest absolute Gasteiger partial charge is 0.354 e. The summed E-state index contributed by atoms with van der Waals surface area (Å²) >= 11 is 12.4. The smallest absolute Gasteiger partial charge is 0.244 e. The third kappa shape index (κ3) is 8.40. The van der Waals surface area contributed by atoms with E-state index in [0.29, 0.717) is 19.4 Å². The van der Waals surface area contributed by atoms with Gasteiger partial charge in [0.05, 0.1) is 22.0 Å². The van der Waals surface area contributed by atoms with Crippen LogP contribution in [0.5, 0.6) is 0 Å². The molecular weight excluding hydrogens is 509 g/mol. The second-order valence-corrected chi connectivity index (χ2v) is 11.4. The molecule has 1 atom stereocenters. The van der Waals surface area contributed by atoms with E-state index in [1.165, 1.54) is 17.0 Å². The van der Waals surface area contributed by atoms with Crippen LogP contribution in [0.25, 0.3) is 0 Å². The van der Waals surface area contributed by atoms with Gasteiger partial charge in [-0.25, -0.2) is 8.42 Å². The average molecular weight is 543 g/mol. The van der Waals surface area contributed by atoms with E-state index < -0.39 is 28.5 Å². The van der Waals surface area contributed by atoms with Gasteiger partial charge in [0.15, 0.2) is 0 Å². The van der Waals surface area contributed by atoms with Crippen molar-refractivity contribution in [3.63, 3.8) is 0 Å². The van der Waals surface area contributed by atoms with Crippen LogP contribution in [0.1, 0.15) is 32.8 Å². The van der Waals surface area contributed by atoms with Crippen LogP contribution in [0, 0.1) is 5.92 Å². The predicted molar refractivity (Wildman–Crippen MR) is 142 cm³/mol. The summed E-state index contributed by atoms with van der Waals surface area (Å²) < 4.78 is 26.2. The molecule has 0 fully saturated rings. The van der Waals surface area contributed by atoms with Gasteiger partial charge in [0.2, 0.25) is 21.8 Å². The Morgan fingerprint density at radius 3 is 2.26 bits per heavy atom. The lowest BCUT2D eigenvalue weighted by atomic mass is 10.1. The van der Waals surface area contributed by atoms with Gasteiger partial charge in [0.1, 0.15) is 12.6 Å². The Hall–Kier alpha value is -2.29. The first-order valence-electron chi connectivity index (χ1n) is 11.5. The van der Waals surface area contributed by atoms with Gasteiger partial charge >= 0.3 is 0 Å². The number of amides is 2. The summed E-state index contributed by atoms with van der Waals surface area (Å²) in [5, 5.41) is 3.10. The summed E-state index contributed by atoms with van der Waals surface area (Å²) in [5.41, 5.74) is 1.11. The number of halogens is 2. The Labute approximate surface area is 218 Å². The molecule has 2 aromatic rings. The zero-order valence-corrected chi connectivity index (χ0v) is 22.8. The van der Waals surface area contributed by atoms with E-state index in [-0.39, 0.29) is 34.1 Å². The standard InChI is InChI=1S/C25H33Cl2N3O4S/c1-5-21(25(32)28-16-18(2)3)29(15-14-19-10-7-6-8-11-19)23(31)17-30(35(4,33)34)22-13-9-12-20(26)24(22)27/h6-13,18,21H,5,14-17H2,1-4H3,(H,28,32)/t21-/m1/s1. The molecule has 0 radical (unpaired) electrons. The van der Waals surface area contributed by atoms with Gasteiger partial charge in [-0.15, -0.1) is 0 Å². The maximum atomic E-state index is 13.6. The van der Waals surface area contributed by atoms with Gasteiger partial charge in [-0.1, -0.05) is 80.4 Å². The number of carbonyl (C=O) groups excluding carboxylic acids is 2. The highest BCUT2D eigenvalue weighted by Crippen LogP contribution is 2.33. The molecule has 35 heavy (non-hydrogen) atoms. The lowest BCUT2D eigenvalue weighted by Crippen LogP contribution is -2.53. The Bertz CT molecular complexity index is 1110. The molecule has 0 saturated carbocycles. The van der Waals surface area contributed by atoms with E-state index in [9.17, 15) is 18.0 Å². The van der Waals surface area contributed by atoms with Crippen LogP contribution in [0.4, 0.5) is 5.69 Å². The number of sulfonamides is 1. The van der Waals surface area contributed by atoms with Crippen molar-refractivity contribution in [2.24, 2.45) is 5.92 Å². The van der Waals surface area contributed by atoms with Gasteiger partial charge < -0.3 is 10.2 Å². The molecule has 0 aromatic heterocycles. The van der Waals surface area contributed by atoms with Gasteiger partial charge in [-0.3, -0.25) is 13.9 Å².